The minimum atomic E-state index is -0.372. The first-order valence-corrected chi connectivity index (χ1v) is 8.88. The second kappa shape index (κ2) is 7.70. The van der Waals surface area contributed by atoms with Crippen molar-refractivity contribution in [3.8, 4) is 5.69 Å². The maximum absolute atomic E-state index is 12.5. The molecule has 25 heavy (non-hydrogen) atoms. The van der Waals surface area contributed by atoms with E-state index in [1.807, 2.05) is 48.4 Å². The van der Waals surface area contributed by atoms with E-state index in [1.165, 1.54) is 0 Å². The molecule has 2 aromatic rings. The van der Waals surface area contributed by atoms with Crippen LogP contribution in [0.15, 0.2) is 42.7 Å². The highest BCUT2D eigenvalue weighted by Gasteiger charge is 2.27. The van der Waals surface area contributed by atoms with Crippen LogP contribution in [0.1, 0.15) is 38.3 Å². The molecule has 2 heterocycles. The molecule has 2 amide bonds. The molecule has 134 valence electrons. The van der Waals surface area contributed by atoms with Crippen molar-refractivity contribution in [2.45, 2.75) is 38.8 Å². The average molecular weight is 342 g/mol. The Bertz CT molecular complexity index is 682. The standard InChI is InChI=1S/C19H26N4O2/c1-14(16-6-8-18(9-7-16)23-12-4-10-20-23)21-19(25)22-11-3-5-17(13-22)15(2)24/h4,6-10,12,14-15,17,24H,3,5,11,13H2,1-2H3,(H,21,25). The number of likely N-dealkylation sites (tertiary alicyclic amines) is 1. The number of carbonyl (C=O) groups excluding carboxylic acids is 1. The molecule has 0 bridgehead atoms. The second-order valence-electron chi connectivity index (χ2n) is 6.80. The Morgan fingerprint density at radius 3 is 2.72 bits per heavy atom. The van der Waals surface area contributed by atoms with Crippen LogP contribution < -0.4 is 5.32 Å². The molecular formula is C19H26N4O2. The van der Waals surface area contributed by atoms with E-state index in [1.54, 1.807) is 17.8 Å². The summed E-state index contributed by atoms with van der Waals surface area (Å²) >= 11 is 0. The van der Waals surface area contributed by atoms with Gasteiger partial charge in [0.05, 0.1) is 17.8 Å². The van der Waals surface area contributed by atoms with Gasteiger partial charge in [-0.05, 0) is 50.5 Å². The highest BCUT2D eigenvalue weighted by molar-refractivity contribution is 5.74. The lowest BCUT2D eigenvalue weighted by Crippen LogP contribution is -2.47. The van der Waals surface area contributed by atoms with Gasteiger partial charge in [0.25, 0.3) is 0 Å². The molecule has 3 rings (SSSR count). The Labute approximate surface area is 148 Å². The van der Waals surface area contributed by atoms with Crippen LogP contribution in [-0.2, 0) is 0 Å². The Hall–Kier alpha value is -2.34. The van der Waals surface area contributed by atoms with Crippen LogP contribution in [0.2, 0.25) is 0 Å². The molecule has 0 aliphatic carbocycles. The fourth-order valence-corrected chi connectivity index (χ4v) is 3.29. The number of hydrogen-bond donors (Lipinski definition) is 2. The average Bonchev–Trinajstić information content (AvgIpc) is 3.16. The molecule has 0 spiro atoms. The molecule has 3 atom stereocenters. The van der Waals surface area contributed by atoms with Crippen LogP contribution in [0.25, 0.3) is 5.69 Å². The van der Waals surface area contributed by atoms with Gasteiger partial charge in [0.1, 0.15) is 0 Å². The molecule has 3 unspecified atom stereocenters. The molecule has 2 N–H and O–H groups in total. The summed E-state index contributed by atoms with van der Waals surface area (Å²) in [6.07, 6.45) is 5.19. The quantitative estimate of drug-likeness (QED) is 0.897. The van der Waals surface area contributed by atoms with Gasteiger partial charge in [0.2, 0.25) is 0 Å². The van der Waals surface area contributed by atoms with Crippen LogP contribution in [0, 0.1) is 5.92 Å². The monoisotopic (exact) mass is 342 g/mol. The predicted molar refractivity (Wildman–Crippen MR) is 96.5 cm³/mol. The van der Waals surface area contributed by atoms with Gasteiger partial charge < -0.3 is 15.3 Å². The van der Waals surface area contributed by atoms with Gasteiger partial charge in [-0.3, -0.25) is 0 Å². The maximum atomic E-state index is 12.5. The highest BCUT2D eigenvalue weighted by Crippen LogP contribution is 2.21. The van der Waals surface area contributed by atoms with Gasteiger partial charge in [0, 0.05) is 31.4 Å². The van der Waals surface area contributed by atoms with Crippen LogP contribution in [-0.4, -0.2) is 45.0 Å². The van der Waals surface area contributed by atoms with E-state index in [-0.39, 0.29) is 24.1 Å². The topological polar surface area (TPSA) is 70.4 Å². The fourth-order valence-electron chi connectivity index (χ4n) is 3.29. The third kappa shape index (κ3) is 4.20. The van der Waals surface area contributed by atoms with Gasteiger partial charge in [0.15, 0.2) is 0 Å². The van der Waals surface area contributed by atoms with Crippen molar-refractivity contribution in [2.24, 2.45) is 5.92 Å². The summed E-state index contributed by atoms with van der Waals surface area (Å²) in [4.78, 5) is 14.3. The number of aliphatic hydroxyl groups excluding tert-OH is 1. The molecular weight excluding hydrogens is 316 g/mol. The number of amides is 2. The van der Waals surface area contributed by atoms with Crippen LogP contribution >= 0.6 is 0 Å². The zero-order valence-electron chi connectivity index (χ0n) is 14.8. The summed E-state index contributed by atoms with van der Waals surface area (Å²) in [5.41, 5.74) is 2.04. The number of aliphatic hydroxyl groups is 1. The summed E-state index contributed by atoms with van der Waals surface area (Å²) < 4.78 is 1.80. The number of hydrogen-bond acceptors (Lipinski definition) is 3. The third-order valence-corrected chi connectivity index (χ3v) is 4.93. The second-order valence-corrected chi connectivity index (χ2v) is 6.80. The molecule has 0 radical (unpaired) electrons. The minimum absolute atomic E-state index is 0.0611. The first-order valence-electron chi connectivity index (χ1n) is 8.88. The lowest BCUT2D eigenvalue weighted by atomic mass is 9.94. The number of nitrogens with zero attached hydrogens (tertiary/aromatic N) is 3. The lowest BCUT2D eigenvalue weighted by Gasteiger charge is -2.34. The van der Waals surface area contributed by atoms with Gasteiger partial charge in [-0.25, -0.2) is 9.48 Å². The Morgan fingerprint density at radius 1 is 1.32 bits per heavy atom. The number of urea groups is 1. The van der Waals surface area contributed by atoms with Crippen LogP contribution in [0.3, 0.4) is 0 Å². The summed E-state index contributed by atoms with van der Waals surface area (Å²) in [5, 5.41) is 17.0. The maximum Gasteiger partial charge on any atom is 0.317 e. The molecule has 1 aromatic carbocycles. The van der Waals surface area contributed by atoms with Crippen molar-refractivity contribution in [3.05, 3.63) is 48.3 Å². The van der Waals surface area contributed by atoms with Crippen molar-refractivity contribution >= 4 is 6.03 Å². The van der Waals surface area contributed by atoms with Gasteiger partial charge in [-0.2, -0.15) is 5.10 Å². The van der Waals surface area contributed by atoms with E-state index in [0.29, 0.717) is 6.54 Å². The van der Waals surface area contributed by atoms with Crippen molar-refractivity contribution in [1.82, 2.24) is 20.0 Å². The first-order chi connectivity index (χ1) is 12.0. The number of carbonyl (C=O) groups is 1. The summed E-state index contributed by atoms with van der Waals surface area (Å²) in [7, 11) is 0. The van der Waals surface area contributed by atoms with E-state index in [4.69, 9.17) is 0 Å². The molecule has 1 aliphatic heterocycles. The number of benzene rings is 1. The van der Waals surface area contributed by atoms with Crippen molar-refractivity contribution in [1.29, 1.82) is 0 Å². The first kappa shape index (κ1) is 17.5. The molecule has 6 nitrogen and oxygen atoms in total. The van der Waals surface area contributed by atoms with Crippen molar-refractivity contribution in [2.75, 3.05) is 13.1 Å². The summed E-state index contributed by atoms with van der Waals surface area (Å²) in [5.74, 6) is 0.170. The Morgan fingerprint density at radius 2 is 2.08 bits per heavy atom. The smallest absolute Gasteiger partial charge is 0.317 e. The van der Waals surface area contributed by atoms with Crippen molar-refractivity contribution in [3.63, 3.8) is 0 Å². The van der Waals surface area contributed by atoms with E-state index < -0.39 is 0 Å². The predicted octanol–water partition coefficient (Wildman–Crippen LogP) is 2.74. The zero-order chi connectivity index (χ0) is 17.8. The summed E-state index contributed by atoms with van der Waals surface area (Å²) in [6.45, 7) is 5.15. The fraction of sp³-hybridized carbons (Fsp3) is 0.474. The number of nitrogens with one attached hydrogen (secondary N) is 1. The van der Waals surface area contributed by atoms with E-state index in [0.717, 1.165) is 30.6 Å². The van der Waals surface area contributed by atoms with Gasteiger partial charge in [-0.15, -0.1) is 0 Å². The molecule has 0 saturated carbocycles. The van der Waals surface area contributed by atoms with Gasteiger partial charge in [-0.1, -0.05) is 12.1 Å². The number of rotatable bonds is 4. The molecule has 1 fully saturated rings. The van der Waals surface area contributed by atoms with E-state index in [9.17, 15) is 9.90 Å². The molecule has 1 aromatic heterocycles. The number of piperidine rings is 1. The Balaban J connectivity index is 1.59. The third-order valence-electron chi connectivity index (χ3n) is 4.93. The largest absolute Gasteiger partial charge is 0.393 e. The highest BCUT2D eigenvalue weighted by atomic mass is 16.3. The lowest BCUT2D eigenvalue weighted by molar-refractivity contribution is 0.0734. The zero-order valence-corrected chi connectivity index (χ0v) is 14.8. The molecule has 1 aliphatic rings. The van der Waals surface area contributed by atoms with Gasteiger partial charge >= 0.3 is 6.03 Å². The van der Waals surface area contributed by atoms with Crippen LogP contribution in [0.4, 0.5) is 4.79 Å². The molecule has 6 heteroatoms. The SMILES string of the molecule is CC(NC(=O)N1CCCC(C(C)O)C1)c1ccc(-n2cccn2)cc1. The minimum Gasteiger partial charge on any atom is -0.393 e. The summed E-state index contributed by atoms with van der Waals surface area (Å²) in [6, 6.07) is 9.76. The Kier molecular flexibility index (Phi) is 5.38. The normalized spacial score (nSPS) is 20.1. The number of aromatic nitrogens is 2. The van der Waals surface area contributed by atoms with E-state index in [2.05, 4.69) is 10.4 Å². The van der Waals surface area contributed by atoms with Crippen LogP contribution in [0.5, 0.6) is 0 Å². The van der Waals surface area contributed by atoms with Crippen molar-refractivity contribution < 1.29 is 9.90 Å². The molecule has 1 saturated heterocycles. The van der Waals surface area contributed by atoms with E-state index >= 15 is 0 Å².